The maximum Gasteiger partial charge on any atom is 0.123 e. The Hall–Kier alpha value is -1.53. The van der Waals surface area contributed by atoms with Crippen LogP contribution in [0.15, 0.2) is 18.2 Å². The van der Waals surface area contributed by atoms with Crippen LogP contribution in [-0.4, -0.2) is 18.3 Å². The van der Waals surface area contributed by atoms with Gasteiger partial charge in [0.15, 0.2) is 0 Å². The molecule has 0 aliphatic heterocycles. The second-order valence-corrected chi connectivity index (χ2v) is 2.66. The molecule has 0 heterocycles. The maximum absolute atomic E-state index is 8.62. The molecule has 0 amide bonds. The number of benzene rings is 1. The topological polar surface area (TPSA) is 53.2 Å². The molecule has 1 aromatic carbocycles. The molecular formula is C10H11NO2. The van der Waals surface area contributed by atoms with Crippen molar-refractivity contribution in [1.82, 2.24) is 0 Å². The lowest BCUT2D eigenvalue weighted by atomic mass is 10.1. The summed E-state index contributed by atoms with van der Waals surface area (Å²) in [6.07, 6.45) is 0. The van der Waals surface area contributed by atoms with E-state index in [-0.39, 0.29) is 13.2 Å². The molecule has 0 aliphatic carbocycles. The van der Waals surface area contributed by atoms with Gasteiger partial charge in [-0.25, -0.2) is 0 Å². The normalized spacial score (nSPS) is 9.31. The number of nitrogens with zero attached hydrogens (tertiary/aromatic N) is 1. The van der Waals surface area contributed by atoms with E-state index in [9.17, 15) is 0 Å². The minimum Gasteiger partial charge on any atom is -0.491 e. The molecule has 3 nitrogen and oxygen atoms in total. The van der Waals surface area contributed by atoms with E-state index < -0.39 is 0 Å². The molecule has 0 spiro atoms. The number of rotatable bonds is 3. The number of hydrogen-bond donors (Lipinski definition) is 1. The average molecular weight is 177 g/mol. The second-order valence-electron chi connectivity index (χ2n) is 2.66. The zero-order valence-electron chi connectivity index (χ0n) is 7.45. The van der Waals surface area contributed by atoms with E-state index in [1.54, 1.807) is 12.1 Å². The van der Waals surface area contributed by atoms with Gasteiger partial charge in [-0.05, 0) is 24.6 Å². The zero-order valence-corrected chi connectivity index (χ0v) is 7.45. The van der Waals surface area contributed by atoms with Gasteiger partial charge < -0.3 is 9.84 Å². The molecule has 1 N–H and O–H groups in total. The van der Waals surface area contributed by atoms with Crippen molar-refractivity contribution in [3.8, 4) is 11.8 Å². The van der Waals surface area contributed by atoms with E-state index in [2.05, 4.69) is 0 Å². The Morgan fingerprint density at radius 1 is 1.54 bits per heavy atom. The van der Waals surface area contributed by atoms with Crippen molar-refractivity contribution >= 4 is 0 Å². The van der Waals surface area contributed by atoms with E-state index in [4.69, 9.17) is 15.1 Å². The lowest BCUT2D eigenvalue weighted by molar-refractivity contribution is 0.200. The summed E-state index contributed by atoms with van der Waals surface area (Å²) in [5, 5.41) is 17.2. The van der Waals surface area contributed by atoms with Crippen LogP contribution in [0.2, 0.25) is 0 Å². The van der Waals surface area contributed by atoms with Crippen molar-refractivity contribution < 1.29 is 9.84 Å². The third kappa shape index (κ3) is 2.46. The lowest BCUT2D eigenvalue weighted by Gasteiger charge is -2.07. The zero-order chi connectivity index (χ0) is 9.68. The summed E-state index contributed by atoms with van der Waals surface area (Å²) in [7, 11) is 0. The molecule has 13 heavy (non-hydrogen) atoms. The molecule has 0 unspecified atom stereocenters. The van der Waals surface area contributed by atoms with Gasteiger partial charge >= 0.3 is 0 Å². The molecule has 0 atom stereocenters. The van der Waals surface area contributed by atoms with Gasteiger partial charge in [-0.2, -0.15) is 5.26 Å². The highest BCUT2D eigenvalue weighted by Crippen LogP contribution is 2.18. The molecule has 0 radical (unpaired) electrons. The number of aliphatic hydroxyl groups excluding tert-OH is 1. The summed E-state index contributed by atoms with van der Waals surface area (Å²) in [5.41, 5.74) is 1.53. The van der Waals surface area contributed by atoms with E-state index in [0.29, 0.717) is 11.3 Å². The summed E-state index contributed by atoms with van der Waals surface area (Å²) in [6.45, 7) is 2.14. The monoisotopic (exact) mass is 177 g/mol. The molecule has 0 aliphatic rings. The van der Waals surface area contributed by atoms with Gasteiger partial charge in [-0.3, -0.25) is 0 Å². The van der Waals surface area contributed by atoms with Crippen LogP contribution in [0.1, 0.15) is 11.1 Å². The standard InChI is InChI=1S/C10H11NO2/c1-8-2-3-9(7-11)6-10(8)13-5-4-12/h2-3,6,12H,4-5H2,1H3. The summed E-state index contributed by atoms with van der Waals surface area (Å²) in [6, 6.07) is 7.26. The highest BCUT2D eigenvalue weighted by molar-refractivity contribution is 5.41. The first-order valence-electron chi connectivity index (χ1n) is 4.02. The first kappa shape index (κ1) is 9.56. The predicted molar refractivity (Wildman–Crippen MR) is 48.5 cm³/mol. The fourth-order valence-electron chi connectivity index (χ4n) is 0.981. The van der Waals surface area contributed by atoms with Gasteiger partial charge in [0, 0.05) is 0 Å². The Kier molecular flexibility index (Phi) is 3.30. The lowest BCUT2D eigenvalue weighted by Crippen LogP contribution is -2.02. The summed E-state index contributed by atoms with van der Waals surface area (Å²) in [4.78, 5) is 0. The number of aryl methyl sites for hydroxylation is 1. The van der Waals surface area contributed by atoms with Crippen LogP contribution >= 0.6 is 0 Å². The summed E-state index contributed by atoms with van der Waals surface area (Å²) in [5.74, 6) is 0.660. The van der Waals surface area contributed by atoms with Gasteiger partial charge in [0.25, 0.3) is 0 Å². The van der Waals surface area contributed by atoms with E-state index in [1.807, 2.05) is 19.1 Å². The molecule has 1 aromatic rings. The molecule has 0 fully saturated rings. The molecule has 1 rings (SSSR count). The summed E-state index contributed by atoms with van der Waals surface area (Å²) >= 11 is 0. The van der Waals surface area contributed by atoms with E-state index in [0.717, 1.165) is 5.56 Å². The molecule has 68 valence electrons. The minimum atomic E-state index is -0.0176. The second kappa shape index (κ2) is 4.48. The molecule has 0 bridgehead atoms. The highest BCUT2D eigenvalue weighted by atomic mass is 16.5. The number of hydrogen-bond acceptors (Lipinski definition) is 3. The van der Waals surface area contributed by atoms with Gasteiger partial charge in [-0.15, -0.1) is 0 Å². The Bertz CT molecular complexity index is 328. The van der Waals surface area contributed by atoms with Crippen LogP contribution in [0.4, 0.5) is 0 Å². The first-order valence-corrected chi connectivity index (χ1v) is 4.02. The van der Waals surface area contributed by atoms with Crippen molar-refractivity contribution in [3.05, 3.63) is 29.3 Å². The summed E-state index contributed by atoms with van der Waals surface area (Å²) < 4.78 is 5.23. The van der Waals surface area contributed by atoms with Crippen LogP contribution < -0.4 is 4.74 Å². The van der Waals surface area contributed by atoms with Crippen molar-refractivity contribution in [2.75, 3.05) is 13.2 Å². The third-order valence-corrected chi connectivity index (χ3v) is 1.67. The third-order valence-electron chi connectivity index (χ3n) is 1.67. The van der Waals surface area contributed by atoms with Gasteiger partial charge in [0.05, 0.1) is 18.2 Å². The first-order chi connectivity index (χ1) is 6.27. The van der Waals surface area contributed by atoms with Gasteiger partial charge in [0.2, 0.25) is 0 Å². The van der Waals surface area contributed by atoms with Crippen molar-refractivity contribution in [1.29, 1.82) is 5.26 Å². The predicted octanol–water partition coefficient (Wildman–Crippen LogP) is 1.24. The Morgan fingerprint density at radius 3 is 2.92 bits per heavy atom. The van der Waals surface area contributed by atoms with Crippen molar-refractivity contribution in [2.45, 2.75) is 6.92 Å². The quantitative estimate of drug-likeness (QED) is 0.755. The van der Waals surface area contributed by atoms with Gasteiger partial charge in [-0.1, -0.05) is 6.07 Å². The van der Waals surface area contributed by atoms with Crippen LogP contribution in [0.5, 0.6) is 5.75 Å². The molecule has 0 saturated carbocycles. The smallest absolute Gasteiger partial charge is 0.123 e. The maximum atomic E-state index is 8.62. The van der Waals surface area contributed by atoms with Crippen LogP contribution in [-0.2, 0) is 0 Å². The molecule has 0 aromatic heterocycles. The van der Waals surface area contributed by atoms with E-state index >= 15 is 0 Å². The van der Waals surface area contributed by atoms with Crippen molar-refractivity contribution in [3.63, 3.8) is 0 Å². The molecule has 3 heteroatoms. The fourth-order valence-corrected chi connectivity index (χ4v) is 0.981. The van der Waals surface area contributed by atoms with Crippen molar-refractivity contribution in [2.24, 2.45) is 0 Å². The largest absolute Gasteiger partial charge is 0.491 e. The van der Waals surface area contributed by atoms with E-state index in [1.165, 1.54) is 0 Å². The Labute approximate surface area is 77.2 Å². The highest BCUT2D eigenvalue weighted by Gasteiger charge is 2.00. The van der Waals surface area contributed by atoms with Gasteiger partial charge in [0.1, 0.15) is 12.4 Å². The number of nitriles is 1. The Morgan fingerprint density at radius 2 is 2.31 bits per heavy atom. The minimum absolute atomic E-state index is 0.0176. The average Bonchev–Trinajstić information content (AvgIpc) is 2.17. The fraction of sp³-hybridized carbons (Fsp3) is 0.300. The number of ether oxygens (including phenoxy) is 1. The molecule has 0 saturated heterocycles. The number of aliphatic hydroxyl groups is 1. The van der Waals surface area contributed by atoms with Crippen LogP contribution in [0.3, 0.4) is 0 Å². The van der Waals surface area contributed by atoms with Crippen LogP contribution in [0.25, 0.3) is 0 Å². The SMILES string of the molecule is Cc1ccc(C#N)cc1OCCO. The van der Waals surface area contributed by atoms with Crippen LogP contribution in [0, 0.1) is 18.3 Å². The molecular weight excluding hydrogens is 166 g/mol. The Balaban J connectivity index is 2.85.